The Morgan fingerprint density at radius 1 is 0.867 bits per heavy atom. The van der Waals surface area contributed by atoms with E-state index >= 15 is 0 Å². The molecule has 0 rings (SSSR count). The van der Waals surface area contributed by atoms with E-state index in [4.69, 9.17) is 0 Å². The van der Waals surface area contributed by atoms with Gasteiger partial charge in [0.15, 0.2) is 0 Å². The van der Waals surface area contributed by atoms with Crippen LogP contribution in [0, 0.1) is 5.41 Å². The van der Waals surface area contributed by atoms with Gasteiger partial charge in [-0.1, -0.05) is 20.8 Å². The number of hydrogen-bond acceptors (Lipinski definition) is 2. The van der Waals surface area contributed by atoms with Crippen molar-refractivity contribution in [3.8, 4) is 0 Å². The van der Waals surface area contributed by atoms with Crippen LogP contribution in [0.3, 0.4) is 0 Å². The predicted molar refractivity (Wildman–Crippen MR) is 67.1 cm³/mol. The zero-order chi connectivity index (χ0) is 12.3. The molecule has 0 aromatic carbocycles. The first-order valence-corrected chi connectivity index (χ1v) is 5.89. The second kappa shape index (κ2) is 4.84. The summed E-state index contributed by atoms with van der Waals surface area (Å²) in [6.07, 6.45) is 1.89. The van der Waals surface area contributed by atoms with E-state index in [9.17, 15) is 5.11 Å². The van der Waals surface area contributed by atoms with Crippen LogP contribution in [0.1, 0.15) is 61.3 Å². The summed E-state index contributed by atoms with van der Waals surface area (Å²) in [6.45, 7) is 15.6. The fourth-order valence-electron chi connectivity index (χ4n) is 1.19. The lowest BCUT2D eigenvalue weighted by Crippen LogP contribution is -2.46. The Hall–Kier alpha value is -0.0800. The molecular weight excluding hydrogens is 186 g/mol. The standard InChI is InChI=1S/C13H29NO/c1-11(2,3)8-9-13(7,15)10-14-12(4,5)6/h14-15H,8-10H2,1-7H3. The summed E-state index contributed by atoms with van der Waals surface area (Å²) in [7, 11) is 0. The molecule has 2 heteroatoms. The maximum absolute atomic E-state index is 10.2. The van der Waals surface area contributed by atoms with Gasteiger partial charge in [-0.3, -0.25) is 0 Å². The molecule has 2 nitrogen and oxygen atoms in total. The van der Waals surface area contributed by atoms with Crippen molar-refractivity contribution < 1.29 is 5.11 Å². The predicted octanol–water partition coefficient (Wildman–Crippen LogP) is 2.95. The van der Waals surface area contributed by atoms with Gasteiger partial charge in [-0.25, -0.2) is 0 Å². The van der Waals surface area contributed by atoms with E-state index in [2.05, 4.69) is 46.9 Å². The van der Waals surface area contributed by atoms with Crippen molar-refractivity contribution in [1.82, 2.24) is 5.32 Å². The minimum atomic E-state index is -0.597. The van der Waals surface area contributed by atoms with Gasteiger partial charge in [0.25, 0.3) is 0 Å². The summed E-state index contributed by atoms with van der Waals surface area (Å²) in [5.41, 5.74) is -0.224. The molecule has 0 fully saturated rings. The first-order chi connectivity index (χ1) is 6.41. The molecule has 0 aliphatic rings. The third-order valence-electron chi connectivity index (χ3n) is 2.41. The van der Waals surface area contributed by atoms with Gasteiger partial charge in [0.1, 0.15) is 0 Å². The van der Waals surface area contributed by atoms with Gasteiger partial charge in [0.2, 0.25) is 0 Å². The van der Waals surface area contributed by atoms with Crippen LogP contribution in [0.2, 0.25) is 0 Å². The molecule has 1 unspecified atom stereocenters. The van der Waals surface area contributed by atoms with Crippen molar-refractivity contribution >= 4 is 0 Å². The van der Waals surface area contributed by atoms with Gasteiger partial charge in [0.05, 0.1) is 5.60 Å². The molecule has 0 amide bonds. The van der Waals surface area contributed by atoms with Crippen molar-refractivity contribution in [2.45, 2.75) is 72.4 Å². The maximum atomic E-state index is 10.2. The first-order valence-electron chi connectivity index (χ1n) is 5.89. The Morgan fingerprint density at radius 2 is 1.33 bits per heavy atom. The molecule has 0 radical (unpaired) electrons. The van der Waals surface area contributed by atoms with Crippen molar-refractivity contribution in [2.24, 2.45) is 5.41 Å². The van der Waals surface area contributed by atoms with Crippen LogP contribution in [0.5, 0.6) is 0 Å². The number of hydrogen-bond donors (Lipinski definition) is 2. The van der Waals surface area contributed by atoms with Crippen LogP contribution in [0.15, 0.2) is 0 Å². The molecule has 0 bridgehead atoms. The number of rotatable bonds is 4. The van der Waals surface area contributed by atoms with Crippen LogP contribution in [-0.2, 0) is 0 Å². The second-order valence-corrected chi connectivity index (χ2v) is 7.16. The Kier molecular flexibility index (Phi) is 4.81. The molecule has 1 atom stereocenters. The monoisotopic (exact) mass is 215 g/mol. The topological polar surface area (TPSA) is 32.3 Å². The van der Waals surface area contributed by atoms with E-state index in [0.717, 1.165) is 12.8 Å². The van der Waals surface area contributed by atoms with Crippen molar-refractivity contribution in [2.75, 3.05) is 6.54 Å². The van der Waals surface area contributed by atoms with E-state index in [1.54, 1.807) is 0 Å². The second-order valence-electron chi connectivity index (χ2n) is 7.16. The fraction of sp³-hybridized carbons (Fsp3) is 1.00. The summed E-state index contributed by atoms with van der Waals surface area (Å²) in [6, 6.07) is 0. The van der Waals surface area contributed by atoms with Crippen LogP contribution in [-0.4, -0.2) is 22.8 Å². The van der Waals surface area contributed by atoms with Crippen molar-refractivity contribution in [3.63, 3.8) is 0 Å². The van der Waals surface area contributed by atoms with E-state index in [1.807, 2.05) is 6.92 Å². The summed E-state index contributed by atoms with van der Waals surface area (Å²) in [5, 5.41) is 13.5. The smallest absolute Gasteiger partial charge is 0.0744 e. The minimum Gasteiger partial charge on any atom is -0.389 e. The minimum absolute atomic E-state index is 0.0751. The molecule has 0 saturated heterocycles. The highest BCUT2D eigenvalue weighted by Crippen LogP contribution is 2.25. The molecular formula is C13H29NO. The Balaban J connectivity index is 3.98. The molecule has 0 aliphatic carbocycles. The summed E-state index contributed by atoms with van der Waals surface area (Å²) < 4.78 is 0. The lowest BCUT2D eigenvalue weighted by molar-refractivity contribution is 0.0337. The van der Waals surface area contributed by atoms with E-state index < -0.39 is 5.60 Å². The third-order valence-corrected chi connectivity index (χ3v) is 2.41. The van der Waals surface area contributed by atoms with Gasteiger partial charge < -0.3 is 10.4 Å². The summed E-state index contributed by atoms with van der Waals surface area (Å²) >= 11 is 0. The molecule has 0 saturated carbocycles. The zero-order valence-corrected chi connectivity index (χ0v) is 11.6. The summed E-state index contributed by atoms with van der Waals surface area (Å²) in [5.74, 6) is 0. The van der Waals surface area contributed by atoms with Gasteiger partial charge in [-0.15, -0.1) is 0 Å². The first kappa shape index (κ1) is 14.9. The molecule has 0 aromatic heterocycles. The van der Waals surface area contributed by atoms with Crippen LogP contribution in [0.4, 0.5) is 0 Å². The van der Waals surface area contributed by atoms with Gasteiger partial charge in [-0.05, 0) is 46.0 Å². The average Bonchev–Trinajstić information content (AvgIpc) is 1.96. The van der Waals surface area contributed by atoms with Crippen molar-refractivity contribution in [3.05, 3.63) is 0 Å². The third kappa shape index (κ3) is 10.2. The fourth-order valence-corrected chi connectivity index (χ4v) is 1.19. The quantitative estimate of drug-likeness (QED) is 0.755. The number of aliphatic hydroxyl groups is 1. The van der Waals surface area contributed by atoms with E-state index in [-0.39, 0.29) is 5.54 Å². The van der Waals surface area contributed by atoms with Gasteiger partial charge in [0, 0.05) is 12.1 Å². The van der Waals surface area contributed by atoms with Gasteiger partial charge >= 0.3 is 0 Å². The highest BCUT2D eigenvalue weighted by Gasteiger charge is 2.25. The SMILES string of the molecule is CC(C)(C)CCC(C)(O)CNC(C)(C)C. The molecule has 2 N–H and O–H groups in total. The molecule has 0 aliphatic heterocycles. The summed E-state index contributed by atoms with van der Waals surface area (Å²) in [4.78, 5) is 0. The highest BCUT2D eigenvalue weighted by atomic mass is 16.3. The zero-order valence-electron chi connectivity index (χ0n) is 11.6. The van der Waals surface area contributed by atoms with Gasteiger partial charge in [-0.2, -0.15) is 0 Å². The van der Waals surface area contributed by atoms with Crippen LogP contribution < -0.4 is 5.32 Å². The van der Waals surface area contributed by atoms with Crippen LogP contribution in [0.25, 0.3) is 0 Å². The Bertz CT molecular complexity index is 164. The van der Waals surface area contributed by atoms with Crippen molar-refractivity contribution in [1.29, 1.82) is 0 Å². The Labute approximate surface area is 95.5 Å². The Morgan fingerprint density at radius 3 is 1.67 bits per heavy atom. The number of β-amino-alcohol motifs (C(OH)–C–C–N with tert-alkyl or cyclic N) is 1. The maximum Gasteiger partial charge on any atom is 0.0744 e. The lowest BCUT2D eigenvalue weighted by atomic mass is 9.85. The largest absolute Gasteiger partial charge is 0.389 e. The number of nitrogens with one attached hydrogen (secondary N) is 1. The normalized spacial score (nSPS) is 17.6. The molecule has 0 aromatic rings. The van der Waals surface area contributed by atoms with Crippen LogP contribution >= 0.6 is 0 Å². The molecule has 92 valence electrons. The van der Waals surface area contributed by atoms with E-state index in [0.29, 0.717) is 12.0 Å². The lowest BCUT2D eigenvalue weighted by Gasteiger charge is -2.31. The molecule has 0 heterocycles. The average molecular weight is 215 g/mol. The molecule has 0 spiro atoms. The highest BCUT2D eigenvalue weighted by molar-refractivity contribution is 4.82. The van der Waals surface area contributed by atoms with E-state index in [1.165, 1.54) is 0 Å². The molecule has 15 heavy (non-hydrogen) atoms.